The molecule has 6 nitrogen and oxygen atoms in total. The number of nitrogens with zero attached hydrogens (tertiary/aromatic N) is 2. The van der Waals surface area contributed by atoms with Gasteiger partial charge in [-0.05, 0) is 64.1 Å². The topological polar surface area (TPSA) is 82.3 Å². The van der Waals surface area contributed by atoms with Gasteiger partial charge in [0.25, 0.3) is 5.69 Å². The Hall–Kier alpha value is -4.32. The van der Waals surface area contributed by atoms with Crippen LogP contribution in [0, 0.1) is 10.1 Å². The van der Waals surface area contributed by atoms with E-state index in [2.05, 4.69) is 18.2 Å². The molecule has 4 aromatic carbocycles. The molecule has 35 heavy (non-hydrogen) atoms. The Morgan fingerprint density at radius 2 is 1.69 bits per heavy atom. The van der Waals surface area contributed by atoms with Crippen molar-refractivity contribution in [1.82, 2.24) is 4.98 Å². The highest BCUT2D eigenvalue weighted by Gasteiger charge is 2.26. The number of aryl methyl sites for hydroxylation is 1. The SMILES string of the molecule is COC(=O)c1nc(C2CCc3ccc4c(ccc5c([N+](=O)[O-])cccc54)c3C2)cc2ccccc12. The first-order chi connectivity index (χ1) is 17.0. The molecule has 0 aliphatic heterocycles. The van der Waals surface area contributed by atoms with Crippen molar-refractivity contribution in [2.24, 2.45) is 0 Å². The van der Waals surface area contributed by atoms with Crippen molar-refractivity contribution in [2.75, 3.05) is 7.11 Å². The van der Waals surface area contributed by atoms with Crippen LogP contribution < -0.4 is 0 Å². The lowest BCUT2D eigenvalue weighted by molar-refractivity contribution is -0.383. The molecule has 0 saturated heterocycles. The zero-order valence-corrected chi connectivity index (χ0v) is 19.2. The second kappa shape index (κ2) is 8.17. The molecule has 6 rings (SSSR count). The minimum atomic E-state index is -0.433. The zero-order valence-electron chi connectivity index (χ0n) is 19.2. The van der Waals surface area contributed by atoms with E-state index in [0.717, 1.165) is 51.9 Å². The summed E-state index contributed by atoms with van der Waals surface area (Å²) in [6.45, 7) is 0. The summed E-state index contributed by atoms with van der Waals surface area (Å²) in [6.07, 6.45) is 2.63. The molecule has 0 spiro atoms. The van der Waals surface area contributed by atoms with Gasteiger partial charge in [-0.2, -0.15) is 0 Å². The van der Waals surface area contributed by atoms with Crippen LogP contribution in [0.25, 0.3) is 32.3 Å². The quantitative estimate of drug-likeness (QED) is 0.132. The average molecular weight is 463 g/mol. The van der Waals surface area contributed by atoms with Crippen LogP contribution in [0.3, 0.4) is 0 Å². The van der Waals surface area contributed by atoms with Crippen LogP contribution in [0.5, 0.6) is 0 Å². The van der Waals surface area contributed by atoms with E-state index in [9.17, 15) is 14.9 Å². The molecule has 172 valence electrons. The van der Waals surface area contributed by atoms with Gasteiger partial charge in [0.15, 0.2) is 5.69 Å². The van der Waals surface area contributed by atoms with Gasteiger partial charge in [0.05, 0.1) is 17.4 Å². The minimum Gasteiger partial charge on any atom is -0.464 e. The number of benzene rings is 4. The van der Waals surface area contributed by atoms with Gasteiger partial charge in [0.2, 0.25) is 0 Å². The summed E-state index contributed by atoms with van der Waals surface area (Å²) in [6, 6.07) is 23.2. The summed E-state index contributed by atoms with van der Waals surface area (Å²) >= 11 is 0. The Balaban J connectivity index is 1.49. The number of carbonyl (C=O) groups excluding carboxylic acids is 1. The number of esters is 1. The van der Waals surface area contributed by atoms with E-state index in [1.54, 1.807) is 12.1 Å². The maximum atomic E-state index is 12.5. The third-order valence-corrected chi connectivity index (χ3v) is 7.21. The minimum absolute atomic E-state index is 0.121. The number of hydrogen-bond acceptors (Lipinski definition) is 5. The lowest BCUT2D eigenvalue weighted by Gasteiger charge is -2.26. The van der Waals surface area contributed by atoms with Crippen molar-refractivity contribution < 1.29 is 14.5 Å². The van der Waals surface area contributed by atoms with E-state index in [4.69, 9.17) is 9.72 Å². The number of pyridine rings is 1. The van der Waals surface area contributed by atoms with Crippen LogP contribution in [-0.2, 0) is 17.6 Å². The fourth-order valence-electron chi connectivity index (χ4n) is 5.51. The van der Waals surface area contributed by atoms with E-state index in [0.29, 0.717) is 11.1 Å². The third kappa shape index (κ3) is 3.41. The largest absolute Gasteiger partial charge is 0.464 e. The van der Waals surface area contributed by atoms with Crippen LogP contribution in [0.4, 0.5) is 5.69 Å². The molecule has 0 amide bonds. The summed E-state index contributed by atoms with van der Waals surface area (Å²) in [5.74, 6) is -0.278. The maximum Gasteiger partial charge on any atom is 0.357 e. The fourth-order valence-corrected chi connectivity index (χ4v) is 5.51. The molecule has 1 aromatic heterocycles. The zero-order chi connectivity index (χ0) is 24.1. The second-order valence-corrected chi connectivity index (χ2v) is 9.04. The van der Waals surface area contributed by atoms with E-state index in [-0.39, 0.29) is 16.5 Å². The summed E-state index contributed by atoms with van der Waals surface area (Å²) < 4.78 is 5.02. The molecule has 0 fully saturated rings. The van der Waals surface area contributed by atoms with Gasteiger partial charge in [0, 0.05) is 23.1 Å². The van der Waals surface area contributed by atoms with E-state index < -0.39 is 5.97 Å². The summed E-state index contributed by atoms with van der Waals surface area (Å²) in [4.78, 5) is 28.5. The van der Waals surface area contributed by atoms with Crippen molar-refractivity contribution in [1.29, 1.82) is 0 Å². The first-order valence-electron chi connectivity index (χ1n) is 11.6. The highest BCUT2D eigenvalue weighted by atomic mass is 16.6. The Bertz CT molecular complexity index is 1670. The van der Waals surface area contributed by atoms with Crippen LogP contribution in [0.2, 0.25) is 0 Å². The number of methoxy groups -OCH3 is 1. The number of carbonyl (C=O) groups is 1. The molecule has 1 unspecified atom stereocenters. The normalized spacial score (nSPS) is 15.3. The van der Waals surface area contributed by atoms with E-state index in [1.807, 2.05) is 42.5 Å². The molecule has 6 heteroatoms. The van der Waals surface area contributed by atoms with Gasteiger partial charge in [-0.25, -0.2) is 9.78 Å². The smallest absolute Gasteiger partial charge is 0.357 e. The monoisotopic (exact) mass is 462 g/mol. The van der Waals surface area contributed by atoms with Gasteiger partial charge >= 0.3 is 5.97 Å². The predicted octanol–water partition coefficient (Wildman–Crippen LogP) is 6.51. The summed E-state index contributed by atoms with van der Waals surface area (Å²) in [7, 11) is 1.38. The van der Waals surface area contributed by atoms with Gasteiger partial charge in [0.1, 0.15) is 0 Å². The molecule has 0 N–H and O–H groups in total. The fraction of sp³-hybridized carbons (Fsp3) is 0.172. The van der Waals surface area contributed by atoms with Crippen LogP contribution in [0.15, 0.2) is 72.8 Å². The highest BCUT2D eigenvalue weighted by molar-refractivity contribution is 6.11. The van der Waals surface area contributed by atoms with Crippen molar-refractivity contribution in [3.8, 4) is 0 Å². The molecule has 5 aromatic rings. The lowest BCUT2D eigenvalue weighted by atomic mass is 9.79. The molecular weight excluding hydrogens is 440 g/mol. The molecule has 0 bridgehead atoms. The number of nitro benzene ring substituents is 1. The first-order valence-corrected chi connectivity index (χ1v) is 11.6. The summed E-state index contributed by atoms with van der Waals surface area (Å²) in [5, 5.41) is 17.0. The van der Waals surface area contributed by atoms with Gasteiger partial charge in [-0.15, -0.1) is 0 Å². The Morgan fingerprint density at radius 1 is 0.943 bits per heavy atom. The Morgan fingerprint density at radius 3 is 2.51 bits per heavy atom. The molecule has 1 atom stereocenters. The Kier molecular flexibility index (Phi) is 4.95. The Labute approximate surface area is 201 Å². The predicted molar refractivity (Wildman–Crippen MR) is 136 cm³/mol. The van der Waals surface area contributed by atoms with E-state index >= 15 is 0 Å². The average Bonchev–Trinajstić information content (AvgIpc) is 2.90. The number of fused-ring (bicyclic) bond motifs is 6. The second-order valence-electron chi connectivity index (χ2n) is 9.04. The van der Waals surface area contributed by atoms with E-state index in [1.165, 1.54) is 18.2 Å². The van der Waals surface area contributed by atoms with Crippen LogP contribution in [-0.4, -0.2) is 23.0 Å². The van der Waals surface area contributed by atoms with Gasteiger partial charge in [-0.3, -0.25) is 10.1 Å². The van der Waals surface area contributed by atoms with Crippen molar-refractivity contribution in [3.05, 3.63) is 105 Å². The number of aromatic nitrogens is 1. The van der Waals surface area contributed by atoms with Crippen LogP contribution >= 0.6 is 0 Å². The number of ether oxygens (including phenoxy) is 1. The maximum absolute atomic E-state index is 12.5. The molecule has 0 saturated carbocycles. The van der Waals surface area contributed by atoms with Crippen molar-refractivity contribution in [2.45, 2.75) is 25.2 Å². The lowest BCUT2D eigenvalue weighted by Crippen LogP contribution is -2.16. The molecular formula is C29H22N2O4. The van der Waals surface area contributed by atoms with Crippen molar-refractivity contribution in [3.63, 3.8) is 0 Å². The standard InChI is InChI=1S/C29H22N2O4/c1-35-29(32)28-20-6-3-2-5-18(20)16-26(30-28)19-10-9-17-11-12-22-21-7-4-8-27(31(33)34)24(21)14-13-23(22)25(17)15-19/h2-8,11-14,16,19H,9-10,15H2,1H3. The molecule has 1 heterocycles. The molecule has 1 aliphatic rings. The molecule has 0 radical (unpaired) electrons. The van der Waals surface area contributed by atoms with Gasteiger partial charge < -0.3 is 4.74 Å². The number of rotatable bonds is 3. The number of nitro groups is 1. The first kappa shape index (κ1) is 21.2. The third-order valence-electron chi connectivity index (χ3n) is 7.21. The summed E-state index contributed by atoms with van der Waals surface area (Å²) in [5.41, 5.74) is 3.91. The van der Waals surface area contributed by atoms with Crippen molar-refractivity contribution >= 4 is 44.0 Å². The highest BCUT2D eigenvalue weighted by Crippen LogP contribution is 2.40. The molecule has 1 aliphatic carbocycles. The van der Waals surface area contributed by atoms with Crippen LogP contribution in [0.1, 0.15) is 39.6 Å². The number of hydrogen-bond donors (Lipinski definition) is 0. The van der Waals surface area contributed by atoms with Gasteiger partial charge in [-0.1, -0.05) is 54.6 Å². The number of non-ortho nitro benzene ring substituents is 1.